The summed E-state index contributed by atoms with van der Waals surface area (Å²) in [5, 5.41) is 9.57. The minimum atomic E-state index is 0.680. The van der Waals surface area contributed by atoms with Crippen LogP contribution in [0.5, 0.6) is 0 Å². The van der Waals surface area contributed by atoms with Crippen molar-refractivity contribution in [2.45, 2.75) is 20.8 Å². The van der Waals surface area contributed by atoms with Crippen LogP contribution in [0.3, 0.4) is 0 Å². The lowest BCUT2D eigenvalue weighted by molar-refractivity contribution is 0.961. The average molecular weight is 438 g/mol. The maximum absolute atomic E-state index is 9.57. The molecule has 0 N–H and O–H groups in total. The third-order valence-corrected chi connectivity index (χ3v) is 5.59. The van der Waals surface area contributed by atoms with E-state index in [0.29, 0.717) is 5.57 Å². The first-order valence-corrected chi connectivity index (χ1v) is 9.22. The van der Waals surface area contributed by atoms with Crippen molar-refractivity contribution in [3.8, 4) is 11.8 Å². The largest absolute Gasteiger partial charge is 0.318 e. The number of benzene rings is 2. The molecule has 3 heteroatoms. The van der Waals surface area contributed by atoms with Crippen LogP contribution < -0.4 is 0 Å². The lowest BCUT2D eigenvalue weighted by Crippen LogP contribution is -2.00. The fourth-order valence-corrected chi connectivity index (χ4v) is 3.39. The summed E-state index contributed by atoms with van der Waals surface area (Å²) < 4.78 is 3.51. The molecule has 0 aliphatic heterocycles. The van der Waals surface area contributed by atoms with E-state index in [1.807, 2.05) is 36.4 Å². The molecule has 124 valence electrons. The number of rotatable bonds is 3. The molecule has 1 heterocycles. The van der Waals surface area contributed by atoms with Gasteiger partial charge in [-0.1, -0.05) is 30.3 Å². The Labute approximate surface area is 162 Å². The Morgan fingerprint density at radius 3 is 2.40 bits per heavy atom. The Bertz CT molecular complexity index is 989. The Kier molecular flexibility index (Phi) is 5.10. The standard InChI is InChI=1S/C22H19IN2/c1-15-11-21(9-10-22(15)23)25-16(2)12-19(17(25)3)13-20(14-24)18-7-5-4-6-8-18/h4-13H,1-3H3/b20-13+. The molecule has 2 aromatic carbocycles. The smallest absolute Gasteiger partial charge is 0.0998 e. The van der Waals surface area contributed by atoms with E-state index in [2.05, 4.69) is 78.3 Å². The zero-order valence-electron chi connectivity index (χ0n) is 14.5. The molecule has 0 atom stereocenters. The quantitative estimate of drug-likeness (QED) is 0.360. The van der Waals surface area contributed by atoms with Gasteiger partial charge in [0.05, 0.1) is 11.6 Å². The van der Waals surface area contributed by atoms with E-state index in [-0.39, 0.29) is 0 Å². The van der Waals surface area contributed by atoms with Gasteiger partial charge in [0.25, 0.3) is 0 Å². The number of halogens is 1. The normalized spacial score (nSPS) is 11.4. The lowest BCUT2D eigenvalue weighted by atomic mass is 10.0. The maximum atomic E-state index is 9.57. The highest BCUT2D eigenvalue weighted by Crippen LogP contribution is 2.26. The summed E-state index contributed by atoms with van der Waals surface area (Å²) >= 11 is 2.36. The Hall–Kier alpha value is -2.32. The number of aryl methyl sites for hydroxylation is 2. The summed E-state index contributed by atoms with van der Waals surface area (Å²) in [7, 11) is 0. The fourth-order valence-electron chi connectivity index (χ4n) is 3.05. The molecule has 25 heavy (non-hydrogen) atoms. The first kappa shape index (κ1) is 17.5. The van der Waals surface area contributed by atoms with Crippen LogP contribution in [0.15, 0.2) is 54.6 Å². The molecule has 3 aromatic rings. The molecule has 0 aliphatic carbocycles. The Balaban J connectivity index is 2.10. The SMILES string of the molecule is Cc1cc(-n2c(C)cc(/C=C(\C#N)c3ccccc3)c2C)ccc1I. The van der Waals surface area contributed by atoms with Crippen molar-refractivity contribution < 1.29 is 0 Å². The monoisotopic (exact) mass is 438 g/mol. The van der Waals surface area contributed by atoms with Crippen LogP contribution >= 0.6 is 22.6 Å². The van der Waals surface area contributed by atoms with Crippen molar-refractivity contribution in [2.24, 2.45) is 0 Å². The van der Waals surface area contributed by atoms with Crippen LogP contribution in [0, 0.1) is 35.7 Å². The van der Waals surface area contributed by atoms with Gasteiger partial charge in [-0.15, -0.1) is 0 Å². The topological polar surface area (TPSA) is 28.7 Å². The van der Waals surface area contributed by atoms with Gasteiger partial charge in [-0.2, -0.15) is 5.26 Å². The van der Waals surface area contributed by atoms with Gasteiger partial charge in [-0.05, 0) is 90.4 Å². The van der Waals surface area contributed by atoms with Crippen molar-refractivity contribution in [1.82, 2.24) is 4.57 Å². The molecular weight excluding hydrogens is 419 g/mol. The molecule has 0 bridgehead atoms. The van der Waals surface area contributed by atoms with Crippen LogP contribution in [0.25, 0.3) is 17.3 Å². The molecule has 0 radical (unpaired) electrons. The molecule has 0 aliphatic rings. The van der Waals surface area contributed by atoms with Crippen molar-refractivity contribution in [3.05, 3.63) is 86.2 Å². The highest BCUT2D eigenvalue weighted by atomic mass is 127. The molecule has 0 fully saturated rings. The van der Waals surface area contributed by atoms with Crippen LogP contribution in [0.2, 0.25) is 0 Å². The molecule has 1 aromatic heterocycles. The number of hydrogen-bond acceptors (Lipinski definition) is 1. The number of nitriles is 1. The summed E-state index contributed by atoms with van der Waals surface area (Å²) in [6, 6.07) is 20.8. The summed E-state index contributed by atoms with van der Waals surface area (Å²) in [6.45, 7) is 6.34. The van der Waals surface area contributed by atoms with E-state index in [1.54, 1.807) is 0 Å². The second kappa shape index (κ2) is 7.28. The van der Waals surface area contributed by atoms with Gasteiger partial charge in [0.1, 0.15) is 0 Å². The van der Waals surface area contributed by atoms with E-state index in [1.165, 1.54) is 9.13 Å². The Morgan fingerprint density at radius 1 is 1.04 bits per heavy atom. The van der Waals surface area contributed by atoms with Crippen LogP contribution in [0.1, 0.15) is 28.1 Å². The highest BCUT2D eigenvalue weighted by molar-refractivity contribution is 14.1. The summed E-state index contributed by atoms with van der Waals surface area (Å²) in [5.41, 5.74) is 7.43. The van der Waals surface area contributed by atoms with E-state index in [4.69, 9.17) is 0 Å². The number of nitrogens with zero attached hydrogens (tertiary/aromatic N) is 2. The van der Waals surface area contributed by atoms with Gasteiger partial charge >= 0.3 is 0 Å². The van der Waals surface area contributed by atoms with Crippen molar-refractivity contribution in [3.63, 3.8) is 0 Å². The molecule has 0 saturated carbocycles. The van der Waals surface area contributed by atoms with Crippen molar-refractivity contribution >= 4 is 34.2 Å². The molecule has 0 spiro atoms. The van der Waals surface area contributed by atoms with E-state index in [9.17, 15) is 5.26 Å². The third-order valence-electron chi connectivity index (χ3n) is 4.38. The summed E-state index contributed by atoms with van der Waals surface area (Å²) in [5.74, 6) is 0. The van der Waals surface area contributed by atoms with Gasteiger partial charge in [-0.3, -0.25) is 0 Å². The van der Waals surface area contributed by atoms with E-state index < -0.39 is 0 Å². The average Bonchev–Trinajstić information content (AvgIpc) is 2.89. The Morgan fingerprint density at radius 2 is 1.76 bits per heavy atom. The van der Waals surface area contributed by atoms with Gasteiger partial charge in [-0.25, -0.2) is 0 Å². The number of hydrogen-bond donors (Lipinski definition) is 0. The summed E-state index contributed by atoms with van der Waals surface area (Å²) in [6.07, 6.45) is 1.98. The van der Waals surface area contributed by atoms with Crippen molar-refractivity contribution in [1.29, 1.82) is 5.26 Å². The van der Waals surface area contributed by atoms with Crippen LogP contribution in [-0.2, 0) is 0 Å². The number of aromatic nitrogens is 1. The molecular formula is C22H19IN2. The lowest BCUT2D eigenvalue weighted by Gasteiger charge is -2.11. The van der Waals surface area contributed by atoms with Gasteiger partial charge in [0.2, 0.25) is 0 Å². The second-order valence-electron chi connectivity index (χ2n) is 6.13. The first-order chi connectivity index (χ1) is 12.0. The van der Waals surface area contributed by atoms with Crippen molar-refractivity contribution in [2.75, 3.05) is 0 Å². The third kappa shape index (κ3) is 3.54. The second-order valence-corrected chi connectivity index (χ2v) is 7.29. The molecule has 0 unspecified atom stereocenters. The van der Waals surface area contributed by atoms with E-state index in [0.717, 1.165) is 28.2 Å². The zero-order chi connectivity index (χ0) is 18.0. The van der Waals surface area contributed by atoms with Gasteiger partial charge in [0.15, 0.2) is 0 Å². The van der Waals surface area contributed by atoms with Gasteiger partial charge in [0, 0.05) is 20.6 Å². The van der Waals surface area contributed by atoms with Crippen LogP contribution in [0.4, 0.5) is 0 Å². The fraction of sp³-hybridized carbons (Fsp3) is 0.136. The molecule has 3 rings (SSSR count). The number of allylic oxidation sites excluding steroid dienone is 1. The zero-order valence-corrected chi connectivity index (χ0v) is 16.7. The molecule has 0 amide bonds. The highest BCUT2D eigenvalue weighted by Gasteiger charge is 2.11. The predicted octanol–water partition coefficient (Wildman–Crippen LogP) is 6.07. The predicted molar refractivity (Wildman–Crippen MR) is 113 cm³/mol. The van der Waals surface area contributed by atoms with Gasteiger partial charge < -0.3 is 4.57 Å². The first-order valence-electron chi connectivity index (χ1n) is 8.14. The summed E-state index contributed by atoms with van der Waals surface area (Å²) in [4.78, 5) is 0. The molecule has 0 saturated heterocycles. The molecule has 2 nitrogen and oxygen atoms in total. The minimum absolute atomic E-state index is 0.680. The minimum Gasteiger partial charge on any atom is -0.318 e. The maximum Gasteiger partial charge on any atom is 0.0998 e. The van der Waals surface area contributed by atoms with E-state index >= 15 is 0 Å². The van der Waals surface area contributed by atoms with Crippen LogP contribution in [-0.4, -0.2) is 4.57 Å².